The largest absolute Gasteiger partial charge is 0.385 e. The van der Waals surface area contributed by atoms with Crippen molar-refractivity contribution in [1.29, 1.82) is 0 Å². The van der Waals surface area contributed by atoms with Gasteiger partial charge in [-0.1, -0.05) is 30.3 Å². The van der Waals surface area contributed by atoms with Crippen molar-refractivity contribution in [2.45, 2.75) is 44.4 Å². The average molecular weight is 219 g/mol. The van der Waals surface area contributed by atoms with E-state index >= 15 is 0 Å². The smallest absolute Gasteiger partial charge is 0.0926 e. The molecule has 1 aromatic rings. The molecular formula is C14H21NO. The lowest BCUT2D eigenvalue weighted by Crippen LogP contribution is -2.50. The molecule has 1 aliphatic heterocycles. The van der Waals surface area contributed by atoms with Crippen molar-refractivity contribution in [2.24, 2.45) is 0 Å². The van der Waals surface area contributed by atoms with Crippen LogP contribution in [0.5, 0.6) is 0 Å². The fourth-order valence-corrected chi connectivity index (χ4v) is 2.77. The molecule has 1 fully saturated rings. The van der Waals surface area contributed by atoms with Gasteiger partial charge in [-0.25, -0.2) is 0 Å². The SMILES string of the molecule is C[C@@H]1CC(O)(c2ccccc2)C[C@@H](C)N1C. The van der Waals surface area contributed by atoms with Crippen LogP contribution in [0.4, 0.5) is 0 Å². The molecule has 2 rings (SSSR count). The van der Waals surface area contributed by atoms with Crippen molar-refractivity contribution in [2.75, 3.05) is 7.05 Å². The highest BCUT2D eigenvalue weighted by Crippen LogP contribution is 2.37. The third-order valence-electron chi connectivity index (χ3n) is 3.97. The zero-order valence-electron chi connectivity index (χ0n) is 10.4. The number of hydrogen-bond donors (Lipinski definition) is 1. The van der Waals surface area contributed by atoms with Gasteiger partial charge in [0.25, 0.3) is 0 Å². The van der Waals surface area contributed by atoms with Crippen molar-refractivity contribution in [3.05, 3.63) is 35.9 Å². The minimum absolute atomic E-state index is 0.425. The van der Waals surface area contributed by atoms with Crippen LogP contribution in [0.3, 0.4) is 0 Å². The van der Waals surface area contributed by atoms with Crippen molar-refractivity contribution < 1.29 is 5.11 Å². The molecule has 2 heteroatoms. The number of rotatable bonds is 1. The van der Waals surface area contributed by atoms with Crippen LogP contribution in [0.1, 0.15) is 32.3 Å². The predicted octanol–water partition coefficient (Wildman–Crippen LogP) is 2.38. The van der Waals surface area contributed by atoms with Crippen molar-refractivity contribution in [3.63, 3.8) is 0 Å². The van der Waals surface area contributed by atoms with Gasteiger partial charge >= 0.3 is 0 Å². The monoisotopic (exact) mass is 219 g/mol. The van der Waals surface area contributed by atoms with Crippen LogP contribution < -0.4 is 0 Å². The lowest BCUT2D eigenvalue weighted by atomic mass is 9.78. The molecule has 0 spiro atoms. The fourth-order valence-electron chi connectivity index (χ4n) is 2.77. The van der Waals surface area contributed by atoms with E-state index in [0.717, 1.165) is 18.4 Å². The topological polar surface area (TPSA) is 23.5 Å². The van der Waals surface area contributed by atoms with Crippen LogP contribution in [0.2, 0.25) is 0 Å². The summed E-state index contributed by atoms with van der Waals surface area (Å²) >= 11 is 0. The van der Waals surface area contributed by atoms with Crippen LogP contribution in [-0.4, -0.2) is 29.1 Å². The second kappa shape index (κ2) is 4.19. The number of nitrogens with zero attached hydrogens (tertiary/aromatic N) is 1. The van der Waals surface area contributed by atoms with Gasteiger partial charge in [0.1, 0.15) is 0 Å². The fraction of sp³-hybridized carbons (Fsp3) is 0.571. The highest BCUT2D eigenvalue weighted by atomic mass is 16.3. The first-order valence-electron chi connectivity index (χ1n) is 6.03. The molecular weight excluding hydrogens is 198 g/mol. The minimum atomic E-state index is -0.646. The second-order valence-corrected chi connectivity index (χ2v) is 5.17. The van der Waals surface area contributed by atoms with Crippen LogP contribution in [0, 0.1) is 0 Å². The van der Waals surface area contributed by atoms with Crippen LogP contribution >= 0.6 is 0 Å². The van der Waals surface area contributed by atoms with Crippen LogP contribution in [0.25, 0.3) is 0 Å². The Morgan fingerprint density at radius 2 is 1.62 bits per heavy atom. The summed E-state index contributed by atoms with van der Waals surface area (Å²) in [6.45, 7) is 4.37. The lowest BCUT2D eigenvalue weighted by molar-refractivity contribution is -0.0629. The number of hydrogen-bond acceptors (Lipinski definition) is 2. The summed E-state index contributed by atoms with van der Waals surface area (Å²) in [7, 11) is 2.14. The first-order chi connectivity index (χ1) is 7.53. The highest BCUT2D eigenvalue weighted by Gasteiger charge is 2.39. The minimum Gasteiger partial charge on any atom is -0.385 e. The van der Waals surface area contributed by atoms with Gasteiger partial charge in [-0.15, -0.1) is 0 Å². The molecule has 1 saturated heterocycles. The predicted molar refractivity (Wildman–Crippen MR) is 66.3 cm³/mol. The van der Waals surface area contributed by atoms with Gasteiger partial charge in [0.05, 0.1) is 5.60 Å². The van der Waals surface area contributed by atoms with Crippen molar-refractivity contribution >= 4 is 0 Å². The summed E-state index contributed by atoms with van der Waals surface area (Å²) < 4.78 is 0. The Labute approximate surface area is 97.9 Å². The van der Waals surface area contributed by atoms with Gasteiger partial charge in [0.15, 0.2) is 0 Å². The van der Waals surface area contributed by atoms with Gasteiger partial charge < -0.3 is 10.0 Å². The molecule has 1 heterocycles. The zero-order valence-corrected chi connectivity index (χ0v) is 10.4. The molecule has 0 unspecified atom stereocenters. The Kier molecular flexibility index (Phi) is 3.04. The lowest BCUT2D eigenvalue weighted by Gasteiger charge is -2.45. The highest BCUT2D eigenvalue weighted by molar-refractivity contribution is 5.23. The zero-order chi connectivity index (χ0) is 11.8. The molecule has 16 heavy (non-hydrogen) atoms. The van der Waals surface area contributed by atoms with E-state index in [2.05, 4.69) is 25.8 Å². The molecule has 1 aromatic carbocycles. The van der Waals surface area contributed by atoms with E-state index < -0.39 is 5.60 Å². The summed E-state index contributed by atoms with van der Waals surface area (Å²) in [6.07, 6.45) is 1.63. The molecule has 2 atom stereocenters. The Morgan fingerprint density at radius 3 is 2.12 bits per heavy atom. The number of piperidine rings is 1. The first kappa shape index (κ1) is 11.6. The molecule has 0 radical (unpaired) electrons. The number of benzene rings is 1. The molecule has 0 amide bonds. The van der Waals surface area contributed by atoms with E-state index in [9.17, 15) is 5.11 Å². The van der Waals surface area contributed by atoms with Gasteiger partial charge in [-0.05, 0) is 39.3 Å². The van der Waals surface area contributed by atoms with Crippen LogP contribution in [0.15, 0.2) is 30.3 Å². The molecule has 0 bridgehead atoms. The molecule has 0 aliphatic carbocycles. The normalized spacial score (nSPS) is 36.2. The molecule has 88 valence electrons. The van der Waals surface area contributed by atoms with E-state index in [1.54, 1.807) is 0 Å². The molecule has 1 N–H and O–H groups in total. The molecule has 2 nitrogen and oxygen atoms in total. The maximum atomic E-state index is 10.8. The summed E-state index contributed by atoms with van der Waals surface area (Å²) in [5.41, 5.74) is 0.411. The summed E-state index contributed by atoms with van der Waals surface area (Å²) in [5.74, 6) is 0. The summed E-state index contributed by atoms with van der Waals surface area (Å²) in [6, 6.07) is 10.9. The maximum Gasteiger partial charge on any atom is 0.0926 e. The Bertz CT molecular complexity index is 337. The third-order valence-corrected chi connectivity index (χ3v) is 3.97. The van der Waals surface area contributed by atoms with E-state index in [4.69, 9.17) is 0 Å². The second-order valence-electron chi connectivity index (χ2n) is 5.17. The van der Waals surface area contributed by atoms with E-state index in [0.29, 0.717) is 12.1 Å². The van der Waals surface area contributed by atoms with Gasteiger partial charge in [0, 0.05) is 12.1 Å². The summed E-state index contributed by atoms with van der Waals surface area (Å²) in [5, 5.41) is 10.8. The Morgan fingerprint density at radius 1 is 1.12 bits per heavy atom. The quantitative estimate of drug-likeness (QED) is 0.784. The number of likely N-dealkylation sites (tertiary alicyclic amines) is 1. The maximum absolute atomic E-state index is 10.8. The average Bonchev–Trinajstić information content (AvgIpc) is 2.27. The van der Waals surface area contributed by atoms with Gasteiger partial charge in [0.2, 0.25) is 0 Å². The summed E-state index contributed by atoms with van der Waals surface area (Å²) in [4.78, 5) is 2.34. The third kappa shape index (κ3) is 2.00. The number of aliphatic hydroxyl groups is 1. The Balaban J connectivity index is 2.27. The van der Waals surface area contributed by atoms with E-state index in [-0.39, 0.29) is 0 Å². The molecule has 1 aliphatic rings. The molecule has 0 saturated carbocycles. The van der Waals surface area contributed by atoms with Gasteiger partial charge in [-0.3, -0.25) is 0 Å². The van der Waals surface area contributed by atoms with E-state index in [1.807, 2.05) is 30.3 Å². The standard InChI is InChI=1S/C14H21NO/c1-11-9-14(16,10-12(2)15(11)3)13-7-5-4-6-8-13/h4-8,11-12,16H,9-10H2,1-3H3/t11-,12-/m1/s1. The van der Waals surface area contributed by atoms with Crippen molar-refractivity contribution in [3.8, 4) is 0 Å². The van der Waals surface area contributed by atoms with Gasteiger partial charge in [-0.2, -0.15) is 0 Å². The first-order valence-corrected chi connectivity index (χ1v) is 6.03. The van der Waals surface area contributed by atoms with Crippen molar-refractivity contribution in [1.82, 2.24) is 4.90 Å². The van der Waals surface area contributed by atoms with Crippen LogP contribution in [-0.2, 0) is 5.60 Å². The Hall–Kier alpha value is -0.860. The van der Waals surface area contributed by atoms with E-state index in [1.165, 1.54) is 0 Å². The molecule has 0 aromatic heterocycles.